The van der Waals surface area contributed by atoms with Gasteiger partial charge in [0.1, 0.15) is 0 Å². The van der Waals surface area contributed by atoms with Crippen LogP contribution in [0.3, 0.4) is 0 Å². The molecular formula is C23H24N2O5. The predicted octanol–water partition coefficient (Wildman–Crippen LogP) is 1.64. The number of aliphatic hydroxyl groups is 1. The standard InChI is InChI=1S/C23H24N2O5/c1-13-8-6-7-11-16(13)19-17-18(23(24-19,14(2)26)22(29)30)21(28)25(20(17)27)12-15-9-4-3-5-10-15/h3-11,14,17-19,24,26H,12H2,1-2H3,(H,29,30). The monoisotopic (exact) mass is 408 g/mol. The molecule has 2 aromatic carbocycles. The molecular weight excluding hydrogens is 384 g/mol. The zero-order valence-corrected chi connectivity index (χ0v) is 16.8. The third-order valence-electron chi connectivity index (χ3n) is 6.41. The topological polar surface area (TPSA) is 107 Å². The number of nitrogens with zero attached hydrogens (tertiary/aromatic N) is 1. The van der Waals surface area contributed by atoms with E-state index in [4.69, 9.17) is 0 Å². The number of amides is 2. The first-order valence-electron chi connectivity index (χ1n) is 9.93. The fraction of sp³-hybridized carbons (Fsp3) is 0.348. The maximum Gasteiger partial charge on any atom is 0.327 e. The normalized spacial score (nSPS) is 29.2. The van der Waals surface area contributed by atoms with Gasteiger partial charge in [-0.2, -0.15) is 0 Å². The van der Waals surface area contributed by atoms with Crippen molar-refractivity contribution in [2.24, 2.45) is 11.8 Å². The molecule has 7 nitrogen and oxygen atoms in total. The van der Waals surface area contributed by atoms with E-state index in [1.807, 2.05) is 61.5 Å². The molecule has 5 atom stereocenters. The number of carboxylic acids is 1. The molecule has 5 unspecified atom stereocenters. The number of benzene rings is 2. The number of imide groups is 1. The van der Waals surface area contributed by atoms with Gasteiger partial charge >= 0.3 is 5.97 Å². The van der Waals surface area contributed by atoms with Gasteiger partial charge in [-0.1, -0.05) is 54.6 Å². The van der Waals surface area contributed by atoms with Crippen molar-refractivity contribution in [3.63, 3.8) is 0 Å². The van der Waals surface area contributed by atoms with Crippen molar-refractivity contribution >= 4 is 17.8 Å². The van der Waals surface area contributed by atoms with Crippen LogP contribution < -0.4 is 5.32 Å². The van der Waals surface area contributed by atoms with E-state index < -0.39 is 47.3 Å². The number of nitrogens with one attached hydrogen (secondary N) is 1. The van der Waals surface area contributed by atoms with E-state index in [1.165, 1.54) is 6.92 Å². The van der Waals surface area contributed by atoms with Crippen molar-refractivity contribution < 1.29 is 24.6 Å². The van der Waals surface area contributed by atoms with Crippen LogP contribution in [-0.2, 0) is 20.9 Å². The summed E-state index contributed by atoms with van der Waals surface area (Å²) in [7, 11) is 0. The number of fused-ring (bicyclic) bond motifs is 1. The Kier molecular flexibility index (Phi) is 4.95. The van der Waals surface area contributed by atoms with Crippen LogP contribution in [0.25, 0.3) is 0 Å². The molecule has 156 valence electrons. The zero-order valence-electron chi connectivity index (χ0n) is 16.8. The zero-order chi connectivity index (χ0) is 21.6. The van der Waals surface area contributed by atoms with E-state index >= 15 is 0 Å². The van der Waals surface area contributed by atoms with Gasteiger partial charge in [-0.25, -0.2) is 0 Å². The van der Waals surface area contributed by atoms with E-state index in [1.54, 1.807) is 0 Å². The molecule has 2 saturated heterocycles. The maximum atomic E-state index is 13.4. The molecule has 0 aromatic heterocycles. The van der Waals surface area contributed by atoms with Crippen LogP contribution in [0.15, 0.2) is 54.6 Å². The van der Waals surface area contributed by atoms with Crippen LogP contribution in [0, 0.1) is 18.8 Å². The van der Waals surface area contributed by atoms with Crippen LogP contribution in [0.1, 0.15) is 29.7 Å². The first-order valence-corrected chi connectivity index (χ1v) is 9.93. The average Bonchev–Trinajstić information content (AvgIpc) is 3.20. The van der Waals surface area contributed by atoms with E-state index in [-0.39, 0.29) is 6.54 Å². The molecule has 0 spiro atoms. The highest BCUT2D eigenvalue weighted by atomic mass is 16.4. The molecule has 2 aliphatic heterocycles. The number of rotatable bonds is 5. The lowest BCUT2D eigenvalue weighted by Crippen LogP contribution is -2.62. The fourth-order valence-electron chi connectivity index (χ4n) is 4.89. The lowest BCUT2D eigenvalue weighted by atomic mass is 9.76. The molecule has 2 fully saturated rings. The van der Waals surface area contributed by atoms with Crippen molar-refractivity contribution in [3.8, 4) is 0 Å². The molecule has 2 heterocycles. The number of carbonyl (C=O) groups excluding carboxylic acids is 2. The summed E-state index contributed by atoms with van der Waals surface area (Å²) in [4.78, 5) is 40.3. The predicted molar refractivity (Wildman–Crippen MR) is 108 cm³/mol. The number of carboxylic acid groups (broad SMARTS) is 1. The Labute approximate surface area is 174 Å². The number of aliphatic carboxylic acids is 1. The third kappa shape index (κ3) is 2.85. The van der Waals surface area contributed by atoms with Gasteiger partial charge in [0, 0.05) is 6.04 Å². The van der Waals surface area contributed by atoms with Crippen molar-refractivity contribution in [1.29, 1.82) is 0 Å². The van der Waals surface area contributed by atoms with Crippen LogP contribution in [0.5, 0.6) is 0 Å². The number of carbonyl (C=O) groups is 3. The van der Waals surface area contributed by atoms with Crippen molar-refractivity contribution in [1.82, 2.24) is 10.2 Å². The van der Waals surface area contributed by atoms with Gasteiger partial charge in [0.2, 0.25) is 11.8 Å². The second kappa shape index (κ2) is 7.34. The molecule has 0 bridgehead atoms. The van der Waals surface area contributed by atoms with Gasteiger partial charge in [0.05, 0.1) is 24.5 Å². The van der Waals surface area contributed by atoms with Gasteiger partial charge in [-0.3, -0.25) is 24.6 Å². The van der Waals surface area contributed by atoms with Crippen LogP contribution >= 0.6 is 0 Å². The summed E-state index contributed by atoms with van der Waals surface area (Å²) in [5.74, 6) is -4.44. The molecule has 0 aliphatic carbocycles. The Morgan fingerprint density at radius 1 is 1.10 bits per heavy atom. The van der Waals surface area contributed by atoms with Crippen LogP contribution in [0.2, 0.25) is 0 Å². The lowest BCUT2D eigenvalue weighted by molar-refractivity contribution is -0.157. The lowest BCUT2D eigenvalue weighted by Gasteiger charge is -2.33. The van der Waals surface area contributed by atoms with Crippen LogP contribution in [-0.4, -0.2) is 44.5 Å². The van der Waals surface area contributed by atoms with Crippen molar-refractivity contribution in [2.75, 3.05) is 0 Å². The summed E-state index contributed by atoms with van der Waals surface area (Å²) < 4.78 is 0. The molecule has 3 N–H and O–H groups in total. The summed E-state index contributed by atoms with van der Waals surface area (Å²) in [5.41, 5.74) is 0.453. The Hall–Kier alpha value is -3.03. The van der Waals surface area contributed by atoms with Gasteiger partial charge in [0.15, 0.2) is 5.54 Å². The largest absolute Gasteiger partial charge is 0.480 e. The molecule has 0 radical (unpaired) electrons. The van der Waals surface area contributed by atoms with E-state index in [0.29, 0.717) is 0 Å². The SMILES string of the molecule is Cc1ccccc1C1NC(C(=O)O)(C(C)O)C2C(=O)N(Cc3ccccc3)C(=O)C12. The molecule has 7 heteroatoms. The minimum Gasteiger partial charge on any atom is -0.480 e. The van der Waals surface area contributed by atoms with Gasteiger partial charge in [-0.15, -0.1) is 0 Å². The number of aliphatic hydroxyl groups excluding tert-OH is 1. The second-order valence-corrected chi connectivity index (χ2v) is 8.08. The second-order valence-electron chi connectivity index (χ2n) is 8.08. The summed E-state index contributed by atoms with van der Waals surface area (Å²) in [5, 5.41) is 23.6. The highest BCUT2D eigenvalue weighted by molar-refractivity contribution is 6.09. The molecule has 2 aliphatic rings. The molecule has 2 amide bonds. The van der Waals surface area contributed by atoms with Gasteiger partial charge < -0.3 is 10.2 Å². The van der Waals surface area contributed by atoms with E-state index in [0.717, 1.165) is 21.6 Å². The Morgan fingerprint density at radius 2 is 1.73 bits per heavy atom. The molecule has 4 rings (SSSR count). The van der Waals surface area contributed by atoms with Crippen molar-refractivity contribution in [3.05, 3.63) is 71.3 Å². The van der Waals surface area contributed by atoms with E-state index in [9.17, 15) is 24.6 Å². The average molecular weight is 408 g/mol. The molecule has 0 saturated carbocycles. The summed E-state index contributed by atoms with van der Waals surface area (Å²) >= 11 is 0. The first-order chi connectivity index (χ1) is 14.3. The third-order valence-corrected chi connectivity index (χ3v) is 6.41. The summed E-state index contributed by atoms with van der Waals surface area (Å²) in [6.07, 6.45) is -1.38. The smallest absolute Gasteiger partial charge is 0.327 e. The number of aryl methyl sites for hydroxylation is 1. The fourth-order valence-corrected chi connectivity index (χ4v) is 4.89. The van der Waals surface area contributed by atoms with Gasteiger partial charge in [-0.05, 0) is 30.5 Å². The highest BCUT2D eigenvalue weighted by Crippen LogP contribution is 2.50. The van der Waals surface area contributed by atoms with E-state index in [2.05, 4.69) is 5.32 Å². The maximum absolute atomic E-state index is 13.4. The van der Waals surface area contributed by atoms with Crippen molar-refractivity contribution in [2.45, 2.75) is 38.1 Å². The first kappa shape index (κ1) is 20.3. The number of likely N-dealkylation sites (tertiary alicyclic amines) is 1. The molecule has 30 heavy (non-hydrogen) atoms. The van der Waals surface area contributed by atoms with Gasteiger partial charge in [0.25, 0.3) is 0 Å². The van der Waals surface area contributed by atoms with Crippen LogP contribution in [0.4, 0.5) is 0 Å². The minimum atomic E-state index is -1.95. The summed E-state index contributed by atoms with van der Waals surface area (Å²) in [6, 6.07) is 15.8. The number of hydrogen-bond acceptors (Lipinski definition) is 5. The summed E-state index contributed by atoms with van der Waals surface area (Å²) in [6.45, 7) is 3.29. The molecule has 2 aromatic rings. The minimum absolute atomic E-state index is 0.0709. The quantitative estimate of drug-likeness (QED) is 0.650. The number of hydrogen-bond donors (Lipinski definition) is 3. The highest BCUT2D eigenvalue weighted by Gasteiger charge is 2.70. The Bertz CT molecular complexity index is 1010. The Balaban J connectivity index is 1.82. The Morgan fingerprint density at radius 3 is 2.33 bits per heavy atom.